The number of benzene rings is 2. The third-order valence-electron chi connectivity index (χ3n) is 4.13. The van der Waals surface area contributed by atoms with Crippen LogP contribution in [0.15, 0.2) is 66.9 Å². The minimum absolute atomic E-state index is 0.307. The standard InChI is InChI=1S/C22H20N4O/c1-15(2)17-5-9-18(10-6-17)25-20-11-12-24-21(13-20)22(27)26-19-7-3-16(14-23)4-8-19/h3-13,15H,1-2H3,(H,24,25)(H,26,27). The summed E-state index contributed by atoms with van der Waals surface area (Å²) in [6, 6.07) is 20.5. The van der Waals surface area contributed by atoms with Gasteiger partial charge in [0.1, 0.15) is 5.69 Å². The van der Waals surface area contributed by atoms with Crippen LogP contribution >= 0.6 is 0 Å². The first-order chi connectivity index (χ1) is 13.0. The van der Waals surface area contributed by atoms with Gasteiger partial charge in [0, 0.05) is 23.3 Å². The molecule has 1 heterocycles. The number of anilines is 3. The van der Waals surface area contributed by atoms with Crippen LogP contribution in [0.5, 0.6) is 0 Å². The molecule has 3 rings (SSSR count). The van der Waals surface area contributed by atoms with Gasteiger partial charge in [-0.2, -0.15) is 5.26 Å². The minimum Gasteiger partial charge on any atom is -0.355 e. The van der Waals surface area contributed by atoms with Crippen molar-refractivity contribution in [1.29, 1.82) is 5.26 Å². The van der Waals surface area contributed by atoms with Gasteiger partial charge >= 0.3 is 0 Å². The fraction of sp³-hybridized carbons (Fsp3) is 0.136. The van der Waals surface area contributed by atoms with Gasteiger partial charge in [-0.05, 0) is 60.0 Å². The Bertz CT molecular complexity index is 970. The third-order valence-corrected chi connectivity index (χ3v) is 4.13. The van der Waals surface area contributed by atoms with Crippen LogP contribution in [0.1, 0.15) is 41.4 Å². The zero-order valence-electron chi connectivity index (χ0n) is 15.2. The van der Waals surface area contributed by atoms with E-state index in [0.717, 1.165) is 11.4 Å². The number of rotatable bonds is 5. The number of amides is 1. The van der Waals surface area contributed by atoms with Crippen molar-refractivity contribution in [1.82, 2.24) is 4.98 Å². The summed E-state index contributed by atoms with van der Waals surface area (Å²) >= 11 is 0. The molecule has 0 aliphatic carbocycles. The van der Waals surface area contributed by atoms with Crippen LogP contribution in [0.4, 0.5) is 17.1 Å². The summed E-state index contributed by atoms with van der Waals surface area (Å²) in [6.07, 6.45) is 1.60. The van der Waals surface area contributed by atoms with Crippen molar-refractivity contribution in [3.8, 4) is 6.07 Å². The van der Waals surface area contributed by atoms with Crippen LogP contribution in [0.3, 0.4) is 0 Å². The molecule has 0 spiro atoms. The van der Waals surface area contributed by atoms with Crippen molar-refractivity contribution in [2.24, 2.45) is 0 Å². The molecule has 0 saturated carbocycles. The van der Waals surface area contributed by atoms with Gasteiger partial charge in [-0.25, -0.2) is 0 Å². The van der Waals surface area contributed by atoms with E-state index in [-0.39, 0.29) is 5.91 Å². The van der Waals surface area contributed by atoms with Crippen molar-refractivity contribution in [2.75, 3.05) is 10.6 Å². The summed E-state index contributed by atoms with van der Waals surface area (Å²) in [5, 5.41) is 14.9. The summed E-state index contributed by atoms with van der Waals surface area (Å²) in [5.74, 6) is 0.177. The van der Waals surface area contributed by atoms with E-state index in [1.165, 1.54) is 5.56 Å². The summed E-state index contributed by atoms with van der Waals surface area (Å²) in [5.41, 5.74) is 4.47. The van der Waals surface area contributed by atoms with Gasteiger partial charge in [-0.3, -0.25) is 9.78 Å². The Kier molecular flexibility index (Phi) is 5.48. The Labute approximate surface area is 158 Å². The molecule has 134 valence electrons. The van der Waals surface area contributed by atoms with Crippen molar-refractivity contribution in [3.05, 3.63) is 83.7 Å². The molecule has 0 atom stereocenters. The largest absolute Gasteiger partial charge is 0.355 e. The van der Waals surface area contributed by atoms with Gasteiger partial charge in [0.15, 0.2) is 0 Å². The molecule has 0 aliphatic heterocycles. The lowest BCUT2D eigenvalue weighted by atomic mass is 10.0. The molecule has 2 N–H and O–H groups in total. The predicted molar refractivity (Wildman–Crippen MR) is 107 cm³/mol. The maximum Gasteiger partial charge on any atom is 0.274 e. The first kappa shape index (κ1) is 18.2. The van der Waals surface area contributed by atoms with E-state index in [0.29, 0.717) is 22.9 Å². The molecule has 0 unspecified atom stereocenters. The van der Waals surface area contributed by atoms with E-state index in [2.05, 4.69) is 41.6 Å². The quantitative estimate of drug-likeness (QED) is 0.669. The van der Waals surface area contributed by atoms with Gasteiger partial charge in [0.2, 0.25) is 0 Å². The summed E-state index contributed by atoms with van der Waals surface area (Å²) in [4.78, 5) is 16.6. The maximum atomic E-state index is 12.4. The first-order valence-corrected chi connectivity index (χ1v) is 8.70. The lowest BCUT2D eigenvalue weighted by Crippen LogP contribution is -2.13. The number of nitrogens with one attached hydrogen (secondary N) is 2. The second-order valence-electron chi connectivity index (χ2n) is 6.47. The average molecular weight is 356 g/mol. The fourth-order valence-electron chi connectivity index (χ4n) is 2.57. The maximum absolute atomic E-state index is 12.4. The highest BCUT2D eigenvalue weighted by Gasteiger charge is 2.09. The number of hydrogen-bond donors (Lipinski definition) is 2. The van der Waals surface area contributed by atoms with Crippen molar-refractivity contribution in [2.45, 2.75) is 19.8 Å². The van der Waals surface area contributed by atoms with Gasteiger partial charge < -0.3 is 10.6 Å². The van der Waals surface area contributed by atoms with E-state index in [1.807, 2.05) is 24.3 Å². The summed E-state index contributed by atoms with van der Waals surface area (Å²) in [6.45, 7) is 4.31. The molecule has 27 heavy (non-hydrogen) atoms. The van der Waals surface area contributed by atoms with Gasteiger partial charge in [-0.15, -0.1) is 0 Å². The summed E-state index contributed by atoms with van der Waals surface area (Å²) < 4.78 is 0. The van der Waals surface area contributed by atoms with E-state index in [4.69, 9.17) is 5.26 Å². The molecule has 3 aromatic rings. The molecule has 5 heteroatoms. The van der Waals surface area contributed by atoms with Crippen LogP contribution < -0.4 is 10.6 Å². The number of aromatic nitrogens is 1. The average Bonchev–Trinajstić information content (AvgIpc) is 2.69. The van der Waals surface area contributed by atoms with Gasteiger partial charge in [0.05, 0.1) is 11.6 Å². The lowest BCUT2D eigenvalue weighted by Gasteiger charge is -2.10. The highest BCUT2D eigenvalue weighted by molar-refractivity contribution is 6.03. The zero-order chi connectivity index (χ0) is 19.2. The Morgan fingerprint density at radius 2 is 1.63 bits per heavy atom. The predicted octanol–water partition coefficient (Wildman–Crippen LogP) is 5.07. The number of pyridine rings is 1. The smallest absolute Gasteiger partial charge is 0.274 e. The highest BCUT2D eigenvalue weighted by Crippen LogP contribution is 2.21. The van der Waals surface area contributed by atoms with E-state index >= 15 is 0 Å². The fourth-order valence-corrected chi connectivity index (χ4v) is 2.57. The molecule has 1 amide bonds. The third kappa shape index (κ3) is 4.71. The Hall–Kier alpha value is -3.65. The number of hydrogen-bond acceptors (Lipinski definition) is 4. The first-order valence-electron chi connectivity index (χ1n) is 8.70. The Morgan fingerprint density at radius 1 is 0.963 bits per heavy atom. The number of nitriles is 1. The van der Waals surface area contributed by atoms with E-state index < -0.39 is 0 Å². The normalized spacial score (nSPS) is 10.3. The van der Waals surface area contributed by atoms with Gasteiger partial charge in [-0.1, -0.05) is 26.0 Å². The van der Waals surface area contributed by atoms with Crippen LogP contribution in [0.2, 0.25) is 0 Å². The second kappa shape index (κ2) is 8.15. The lowest BCUT2D eigenvalue weighted by molar-refractivity contribution is 0.102. The molecule has 1 aromatic heterocycles. The molecule has 5 nitrogen and oxygen atoms in total. The SMILES string of the molecule is CC(C)c1ccc(Nc2ccnc(C(=O)Nc3ccc(C#N)cc3)c2)cc1. The Balaban J connectivity index is 1.70. The van der Waals surface area contributed by atoms with Crippen LogP contribution in [-0.2, 0) is 0 Å². The molecule has 2 aromatic carbocycles. The zero-order valence-corrected chi connectivity index (χ0v) is 15.2. The van der Waals surface area contributed by atoms with Crippen molar-refractivity contribution in [3.63, 3.8) is 0 Å². The second-order valence-corrected chi connectivity index (χ2v) is 6.47. The molecule has 0 radical (unpaired) electrons. The molecule has 0 fully saturated rings. The van der Waals surface area contributed by atoms with E-state index in [9.17, 15) is 4.79 Å². The van der Waals surface area contributed by atoms with Crippen LogP contribution in [0.25, 0.3) is 0 Å². The topological polar surface area (TPSA) is 77.8 Å². The highest BCUT2D eigenvalue weighted by atomic mass is 16.1. The molecular weight excluding hydrogens is 336 g/mol. The molecule has 0 saturated heterocycles. The van der Waals surface area contributed by atoms with Crippen molar-refractivity contribution >= 4 is 23.0 Å². The summed E-state index contributed by atoms with van der Waals surface area (Å²) in [7, 11) is 0. The van der Waals surface area contributed by atoms with Crippen LogP contribution in [0, 0.1) is 11.3 Å². The van der Waals surface area contributed by atoms with Gasteiger partial charge in [0.25, 0.3) is 5.91 Å². The minimum atomic E-state index is -0.307. The van der Waals surface area contributed by atoms with Crippen molar-refractivity contribution < 1.29 is 4.79 Å². The number of nitrogens with zero attached hydrogens (tertiary/aromatic N) is 2. The van der Waals surface area contributed by atoms with E-state index in [1.54, 1.807) is 36.5 Å². The van der Waals surface area contributed by atoms with Crippen LogP contribution in [-0.4, -0.2) is 10.9 Å². The molecule has 0 aliphatic rings. The Morgan fingerprint density at radius 3 is 2.26 bits per heavy atom. The number of carbonyl (C=O) groups is 1. The monoisotopic (exact) mass is 356 g/mol. The molecular formula is C22H20N4O. The number of carbonyl (C=O) groups excluding carboxylic acids is 1. The molecule has 0 bridgehead atoms.